The van der Waals surface area contributed by atoms with Crippen molar-refractivity contribution < 1.29 is 14.6 Å². The van der Waals surface area contributed by atoms with Crippen LogP contribution < -0.4 is 4.74 Å². The van der Waals surface area contributed by atoms with Gasteiger partial charge in [-0.05, 0) is 31.0 Å². The van der Waals surface area contributed by atoms with Gasteiger partial charge in [0.05, 0.1) is 24.7 Å². The van der Waals surface area contributed by atoms with Crippen molar-refractivity contribution in [1.82, 2.24) is 14.8 Å². The van der Waals surface area contributed by atoms with E-state index in [1.165, 1.54) is 6.20 Å². The molecule has 1 fully saturated rings. The van der Waals surface area contributed by atoms with Crippen molar-refractivity contribution >= 4 is 16.7 Å². The highest BCUT2D eigenvalue weighted by Gasteiger charge is 2.33. The molecule has 0 unspecified atom stereocenters. The average Bonchev–Trinajstić information content (AvgIpc) is 3.31. The Bertz CT molecular complexity index is 913. The van der Waals surface area contributed by atoms with Crippen LogP contribution in [0.1, 0.15) is 34.8 Å². The van der Waals surface area contributed by atoms with Crippen molar-refractivity contribution in [3.63, 3.8) is 0 Å². The molecule has 6 heteroatoms. The minimum atomic E-state index is -0.933. The number of carboxylic acids is 1. The first-order chi connectivity index (χ1) is 11.2. The molecule has 1 aliphatic carbocycles. The topological polar surface area (TPSA) is 77.2 Å². The fraction of sp³-hybridized carbons (Fsp3) is 0.235. The molecule has 0 aliphatic heterocycles. The van der Waals surface area contributed by atoms with Crippen molar-refractivity contribution in [3.8, 4) is 11.6 Å². The number of aromatic nitrogens is 3. The Morgan fingerprint density at radius 3 is 2.83 bits per heavy atom. The van der Waals surface area contributed by atoms with Crippen LogP contribution >= 0.6 is 0 Å². The summed E-state index contributed by atoms with van der Waals surface area (Å²) < 4.78 is 7.07. The average molecular weight is 309 g/mol. The molecular weight excluding hydrogens is 294 g/mol. The van der Waals surface area contributed by atoms with Crippen molar-refractivity contribution in [3.05, 3.63) is 47.9 Å². The van der Waals surface area contributed by atoms with Gasteiger partial charge in [-0.15, -0.1) is 0 Å². The molecule has 116 valence electrons. The molecule has 1 aromatic carbocycles. The van der Waals surface area contributed by atoms with Crippen LogP contribution in [0.3, 0.4) is 0 Å². The first-order valence-electron chi connectivity index (χ1n) is 7.44. The van der Waals surface area contributed by atoms with Gasteiger partial charge in [-0.3, -0.25) is 0 Å². The fourth-order valence-electron chi connectivity index (χ4n) is 2.98. The maximum Gasteiger partial charge on any atom is 0.339 e. The number of carboxylic acid groups (broad SMARTS) is 1. The van der Waals surface area contributed by atoms with Crippen LogP contribution in [0, 0.1) is 0 Å². The zero-order valence-corrected chi connectivity index (χ0v) is 12.6. The predicted molar refractivity (Wildman–Crippen MR) is 84.4 cm³/mol. The second-order valence-electron chi connectivity index (χ2n) is 5.63. The number of fused-ring (bicyclic) bond motifs is 1. The molecule has 4 rings (SSSR count). The van der Waals surface area contributed by atoms with E-state index in [9.17, 15) is 9.90 Å². The lowest BCUT2D eigenvalue weighted by Crippen LogP contribution is -2.06. The van der Waals surface area contributed by atoms with Gasteiger partial charge in [0, 0.05) is 22.9 Å². The van der Waals surface area contributed by atoms with Crippen molar-refractivity contribution in [1.29, 1.82) is 0 Å². The second-order valence-corrected chi connectivity index (χ2v) is 5.63. The summed E-state index contributed by atoms with van der Waals surface area (Å²) in [7, 11) is 1.58. The van der Waals surface area contributed by atoms with Crippen molar-refractivity contribution in [2.75, 3.05) is 7.11 Å². The number of hydrogen-bond donors (Lipinski definition) is 1. The summed E-state index contributed by atoms with van der Waals surface area (Å²) in [5.41, 5.74) is 1.91. The number of benzene rings is 1. The summed E-state index contributed by atoms with van der Waals surface area (Å²) >= 11 is 0. The standard InChI is InChI=1S/C17H15N3O3/c1-23-16-12-3-2-4-14(11(12)7-8-18-16)20-15(10-5-6-10)13(9-19-20)17(21)22/h2-4,7-10H,5-6H2,1H3,(H,21,22). The highest BCUT2D eigenvalue weighted by molar-refractivity contribution is 5.94. The van der Waals surface area contributed by atoms with E-state index in [4.69, 9.17) is 4.74 Å². The number of nitrogens with zero attached hydrogens (tertiary/aromatic N) is 3. The lowest BCUT2D eigenvalue weighted by atomic mass is 10.1. The number of rotatable bonds is 4. The lowest BCUT2D eigenvalue weighted by molar-refractivity contribution is 0.0695. The van der Waals surface area contributed by atoms with E-state index in [0.717, 1.165) is 35.0 Å². The number of ether oxygens (including phenoxy) is 1. The van der Waals surface area contributed by atoms with Crippen LogP contribution in [0.4, 0.5) is 0 Å². The van der Waals surface area contributed by atoms with Crippen LogP contribution in [0.5, 0.6) is 5.88 Å². The summed E-state index contributed by atoms with van der Waals surface area (Å²) in [5.74, 6) is -0.122. The fourth-order valence-corrected chi connectivity index (χ4v) is 2.98. The Labute approximate surface area is 132 Å². The van der Waals surface area contributed by atoms with Crippen LogP contribution in [0.15, 0.2) is 36.7 Å². The second kappa shape index (κ2) is 5.08. The summed E-state index contributed by atoms with van der Waals surface area (Å²) in [5, 5.41) is 15.6. The lowest BCUT2D eigenvalue weighted by Gasteiger charge is -2.12. The smallest absolute Gasteiger partial charge is 0.339 e. The van der Waals surface area contributed by atoms with Gasteiger partial charge in [0.15, 0.2) is 0 Å². The summed E-state index contributed by atoms with van der Waals surface area (Å²) in [6.07, 6.45) is 5.12. The molecule has 23 heavy (non-hydrogen) atoms. The molecule has 1 saturated carbocycles. The minimum Gasteiger partial charge on any atom is -0.481 e. The molecular formula is C17H15N3O3. The molecule has 1 N–H and O–H groups in total. The van der Waals surface area contributed by atoms with Gasteiger partial charge in [-0.1, -0.05) is 6.07 Å². The Hall–Kier alpha value is -2.89. The van der Waals surface area contributed by atoms with E-state index in [-0.39, 0.29) is 11.5 Å². The number of aromatic carboxylic acids is 1. The number of pyridine rings is 1. The maximum absolute atomic E-state index is 11.5. The van der Waals surface area contributed by atoms with Gasteiger partial charge in [0.1, 0.15) is 5.56 Å². The molecule has 0 saturated heterocycles. The quantitative estimate of drug-likeness (QED) is 0.801. The molecule has 3 aromatic rings. The first kappa shape index (κ1) is 13.8. The van der Waals surface area contributed by atoms with E-state index in [0.29, 0.717) is 5.88 Å². The Morgan fingerprint density at radius 1 is 1.30 bits per heavy atom. The zero-order chi connectivity index (χ0) is 16.0. The van der Waals surface area contributed by atoms with Crippen LogP contribution in [-0.4, -0.2) is 33.0 Å². The first-order valence-corrected chi connectivity index (χ1v) is 7.44. The largest absolute Gasteiger partial charge is 0.481 e. The normalized spacial score (nSPS) is 14.1. The monoisotopic (exact) mass is 309 g/mol. The van der Waals surface area contributed by atoms with E-state index in [1.807, 2.05) is 24.3 Å². The predicted octanol–water partition coefficient (Wildman–Crippen LogP) is 3.00. The van der Waals surface area contributed by atoms with Crippen LogP contribution in [0.25, 0.3) is 16.5 Å². The molecule has 2 aromatic heterocycles. The molecule has 0 bridgehead atoms. The number of methoxy groups -OCH3 is 1. The third-order valence-corrected chi connectivity index (χ3v) is 4.17. The molecule has 0 spiro atoms. The van der Waals surface area contributed by atoms with Gasteiger partial charge < -0.3 is 9.84 Å². The van der Waals surface area contributed by atoms with Crippen LogP contribution in [-0.2, 0) is 0 Å². The van der Waals surface area contributed by atoms with E-state index in [1.54, 1.807) is 18.0 Å². The SMILES string of the molecule is COc1nccc2c(-n3ncc(C(=O)O)c3C3CC3)cccc12. The highest BCUT2D eigenvalue weighted by atomic mass is 16.5. The van der Waals surface area contributed by atoms with Gasteiger partial charge in [-0.2, -0.15) is 5.10 Å². The molecule has 0 atom stereocenters. The summed E-state index contributed by atoms with van der Waals surface area (Å²) in [6, 6.07) is 7.67. The van der Waals surface area contributed by atoms with E-state index < -0.39 is 5.97 Å². The third kappa shape index (κ3) is 2.14. The molecule has 0 amide bonds. The van der Waals surface area contributed by atoms with Gasteiger partial charge >= 0.3 is 5.97 Å². The van der Waals surface area contributed by atoms with Gasteiger partial charge in [-0.25, -0.2) is 14.5 Å². The van der Waals surface area contributed by atoms with E-state index >= 15 is 0 Å². The number of hydrogen-bond acceptors (Lipinski definition) is 4. The highest BCUT2D eigenvalue weighted by Crippen LogP contribution is 2.43. The summed E-state index contributed by atoms with van der Waals surface area (Å²) in [6.45, 7) is 0. The minimum absolute atomic E-state index is 0.266. The maximum atomic E-state index is 11.5. The van der Waals surface area contributed by atoms with Crippen LogP contribution in [0.2, 0.25) is 0 Å². The van der Waals surface area contributed by atoms with Crippen molar-refractivity contribution in [2.45, 2.75) is 18.8 Å². The van der Waals surface area contributed by atoms with Gasteiger partial charge in [0.25, 0.3) is 0 Å². The van der Waals surface area contributed by atoms with Crippen molar-refractivity contribution in [2.24, 2.45) is 0 Å². The molecule has 6 nitrogen and oxygen atoms in total. The van der Waals surface area contributed by atoms with Gasteiger partial charge in [0.2, 0.25) is 5.88 Å². The molecule has 0 radical (unpaired) electrons. The third-order valence-electron chi connectivity index (χ3n) is 4.17. The Morgan fingerprint density at radius 2 is 2.13 bits per heavy atom. The molecule has 1 aliphatic rings. The summed E-state index contributed by atoms with van der Waals surface area (Å²) in [4.78, 5) is 15.7. The van der Waals surface area contributed by atoms with E-state index in [2.05, 4.69) is 10.1 Å². The Balaban J connectivity index is 1.99. The molecule has 2 heterocycles. The Kier molecular flexibility index (Phi) is 3.04. The zero-order valence-electron chi connectivity index (χ0n) is 12.6. The number of carbonyl (C=O) groups is 1.